The zero-order chi connectivity index (χ0) is 15.4. The molecule has 0 unspecified atom stereocenters. The summed E-state index contributed by atoms with van der Waals surface area (Å²) >= 11 is 0. The maximum atomic E-state index is 11.1. The van der Waals surface area contributed by atoms with E-state index in [1.807, 2.05) is 13.8 Å². The number of nitro benzene ring substituents is 1. The molecule has 2 rings (SSSR count). The Kier molecular flexibility index (Phi) is 4.54. The highest BCUT2D eigenvalue weighted by molar-refractivity contribution is 5.50. The van der Waals surface area contributed by atoms with Crippen LogP contribution in [0.25, 0.3) is 5.69 Å². The minimum Gasteiger partial charge on any atom is -0.491 e. The van der Waals surface area contributed by atoms with Crippen molar-refractivity contribution in [1.82, 2.24) is 9.55 Å². The third-order valence-electron chi connectivity index (χ3n) is 2.82. The molecule has 0 atom stereocenters. The first kappa shape index (κ1) is 15.0. The number of non-ortho nitro benzene ring substituents is 1. The van der Waals surface area contributed by atoms with Crippen molar-refractivity contribution in [2.24, 2.45) is 5.73 Å². The lowest BCUT2D eigenvalue weighted by molar-refractivity contribution is -0.384. The van der Waals surface area contributed by atoms with Gasteiger partial charge in [0, 0.05) is 30.9 Å². The van der Waals surface area contributed by atoms with Gasteiger partial charge in [0.05, 0.1) is 22.8 Å². The van der Waals surface area contributed by atoms with Crippen LogP contribution >= 0.6 is 0 Å². The fourth-order valence-corrected chi connectivity index (χ4v) is 2.04. The van der Waals surface area contributed by atoms with E-state index in [-0.39, 0.29) is 11.8 Å². The van der Waals surface area contributed by atoms with Crippen LogP contribution in [0.5, 0.6) is 5.75 Å². The van der Waals surface area contributed by atoms with Crippen LogP contribution in [0.15, 0.2) is 30.6 Å². The molecule has 0 aliphatic heterocycles. The second-order valence-corrected chi connectivity index (χ2v) is 4.86. The number of rotatable bonds is 6. The summed E-state index contributed by atoms with van der Waals surface area (Å²) in [6.07, 6.45) is 3.93. The van der Waals surface area contributed by atoms with Crippen molar-refractivity contribution in [3.8, 4) is 11.4 Å². The van der Waals surface area contributed by atoms with E-state index in [1.54, 1.807) is 23.0 Å². The Hall–Kier alpha value is -2.41. The molecular weight excluding hydrogens is 272 g/mol. The molecule has 0 radical (unpaired) electrons. The predicted octanol–water partition coefficient (Wildman–Crippen LogP) is 2.07. The molecule has 0 bridgehead atoms. The first-order valence-electron chi connectivity index (χ1n) is 6.70. The normalized spacial score (nSPS) is 10.9. The standard InChI is InChI=1S/C14H18N4O3/c1-10(2)21-13-8-11(7-12(9-13)18(19)20)17-6-5-16-14(17)3-4-15/h5-10H,3-4,15H2,1-2H3. The molecule has 0 aliphatic carbocycles. The minimum absolute atomic E-state index is 0.0180. The lowest BCUT2D eigenvalue weighted by Crippen LogP contribution is -2.10. The van der Waals surface area contributed by atoms with E-state index in [2.05, 4.69) is 4.98 Å². The largest absolute Gasteiger partial charge is 0.491 e. The fourth-order valence-electron chi connectivity index (χ4n) is 2.04. The van der Waals surface area contributed by atoms with Crippen LogP contribution in [0, 0.1) is 10.1 Å². The van der Waals surface area contributed by atoms with Crippen molar-refractivity contribution >= 4 is 5.69 Å². The fraction of sp³-hybridized carbons (Fsp3) is 0.357. The van der Waals surface area contributed by atoms with Crippen molar-refractivity contribution in [2.75, 3.05) is 6.54 Å². The van der Waals surface area contributed by atoms with E-state index in [9.17, 15) is 10.1 Å². The topological polar surface area (TPSA) is 96.2 Å². The molecule has 0 spiro atoms. The maximum Gasteiger partial charge on any atom is 0.275 e. The van der Waals surface area contributed by atoms with Crippen LogP contribution in [0.3, 0.4) is 0 Å². The molecule has 1 aromatic heterocycles. The number of hydrogen-bond acceptors (Lipinski definition) is 5. The third-order valence-corrected chi connectivity index (χ3v) is 2.82. The van der Waals surface area contributed by atoms with Gasteiger partial charge in [0.2, 0.25) is 0 Å². The van der Waals surface area contributed by atoms with E-state index in [1.165, 1.54) is 12.1 Å². The van der Waals surface area contributed by atoms with Gasteiger partial charge >= 0.3 is 0 Å². The Morgan fingerprint density at radius 2 is 2.19 bits per heavy atom. The SMILES string of the molecule is CC(C)Oc1cc(-n2ccnc2CCN)cc([N+](=O)[O-])c1. The lowest BCUT2D eigenvalue weighted by Gasteiger charge is -2.12. The number of nitrogens with zero attached hydrogens (tertiary/aromatic N) is 3. The molecular formula is C14H18N4O3. The highest BCUT2D eigenvalue weighted by atomic mass is 16.6. The van der Waals surface area contributed by atoms with Crippen LogP contribution in [-0.4, -0.2) is 27.1 Å². The molecule has 2 N–H and O–H groups in total. The number of aromatic nitrogens is 2. The van der Waals surface area contributed by atoms with Crippen LogP contribution in [0.2, 0.25) is 0 Å². The summed E-state index contributed by atoms with van der Waals surface area (Å²) in [7, 11) is 0. The quantitative estimate of drug-likeness (QED) is 0.649. The van der Waals surface area contributed by atoms with Gasteiger partial charge in [-0.2, -0.15) is 0 Å². The monoisotopic (exact) mass is 290 g/mol. The lowest BCUT2D eigenvalue weighted by atomic mass is 10.2. The Labute approximate surface area is 122 Å². The van der Waals surface area contributed by atoms with Gasteiger partial charge in [-0.25, -0.2) is 4.98 Å². The number of nitro groups is 1. The van der Waals surface area contributed by atoms with Crippen LogP contribution in [-0.2, 0) is 6.42 Å². The van der Waals surface area contributed by atoms with Crippen molar-refractivity contribution in [1.29, 1.82) is 0 Å². The molecule has 0 aliphatic rings. The molecule has 21 heavy (non-hydrogen) atoms. The van der Waals surface area contributed by atoms with Gasteiger partial charge < -0.3 is 15.0 Å². The van der Waals surface area contributed by atoms with Crippen LogP contribution in [0.4, 0.5) is 5.69 Å². The molecule has 0 fully saturated rings. The van der Waals surface area contributed by atoms with Gasteiger partial charge in [-0.15, -0.1) is 0 Å². The number of ether oxygens (including phenoxy) is 1. The first-order valence-corrected chi connectivity index (χ1v) is 6.70. The van der Waals surface area contributed by atoms with E-state index < -0.39 is 4.92 Å². The first-order chi connectivity index (χ1) is 10.0. The molecule has 0 saturated carbocycles. The Morgan fingerprint density at radius 1 is 1.43 bits per heavy atom. The number of nitrogens with two attached hydrogens (primary N) is 1. The number of benzene rings is 1. The van der Waals surface area contributed by atoms with Gasteiger partial charge in [0.25, 0.3) is 5.69 Å². The van der Waals surface area contributed by atoms with Crippen molar-refractivity contribution in [3.63, 3.8) is 0 Å². The summed E-state index contributed by atoms with van der Waals surface area (Å²) in [6.45, 7) is 4.20. The molecule has 112 valence electrons. The van der Waals surface area contributed by atoms with E-state index in [0.29, 0.717) is 24.4 Å². The second-order valence-electron chi connectivity index (χ2n) is 4.86. The molecule has 0 saturated heterocycles. The number of imidazole rings is 1. The Morgan fingerprint density at radius 3 is 2.81 bits per heavy atom. The van der Waals surface area contributed by atoms with Crippen molar-refractivity contribution in [3.05, 3.63) is 46.5 Å². The molecule has 1 aromatic carbocycles. The predicted molar refractivity (Wildman–Crippen MR) is 78.7 cm³/mol. The van der Waals surface area contributed by atoms with Gasteiger partial charge in [0.1, 0.15) is 11.6 Å². The second kappa shape index (κ2) is 6.36. The number of hydrogen-bond donors (Lipinski definition) is 1. The third kappa shape index (κ3) is 3.57. The molecule has 7 nitrogen and oxygen atoms in total. The summed E-state index contributed by atoms with van der Waals surface area (Å²) in [6, 6.07) is 4.67. The average Bonchev–Trinajstić information content (AvgIpc) is 2.86. The van der Waals surface area contributed by atoms with Crippen molar-refractivity contribution < 1.29 is 9.66 Å². The van der Waals surface area contributed by atoms with Crippen LogP contribution < -0.4 is 10.5 Å². The maximum absolute atomic E-state index is 11.1. The van der Waals surface area contributed by atoms with E-state index in [4.69, 9.17) is 10.5 Å². The highest BCUT2D eigenvalue weighted by Gasteiger charge is 2.14. The van der Waals surface area contributed by atoms with E-state index >= 15 is 0 Å². The van der Waals surface area contributed by atoms with Gasteiger partial charge in [0.15, 0.2) is 0 Å². The minimum atomic E-state index is -0.434. The average molecular weight is 290 g/mol. The molecule has 2 aromatic rings. The summed E-state index contributed by atoms with van der Waals surface area (Å²) in [5, 5.41) is 11.1. The van der Waals surface area contributed by atoms with Gasteiger partial charge in [-0.3, -0.25) is 10.1 Å². The zero-order valence-corrected chi connectivity index (χ0v) is 12.0. The summed E-state index contributed by atoms with van der Waals surface area (Å²) in [5.41, 5.74) is 6.18. The highest BCUT2D eigenvalue weighted by Crippen LogP contribution is 2.26. The zero-order valence-electron chi connectivity index (χ0n) is 12.0. The molecule has 0 amide bonds. The Balaban J connectivity index is 2.48. The van der Waals surface area contributed by atoms with Crippen LogP contribution in [0.1, 0.15) is 19.7 Å². The van der Waals surface area contributed by atoms with Crippen molar-refractivity contribution in [2.45, 2.75) is 26.4 Å². The van der Waals surface area contributed by atoms with Gasteiger partial charge in [-0.05, 0) is 20.4 Å². The summed E-state index contributed by atoms with van der Waals surface area (Å²) in [5.74, 6) is 1.22. The van der Waals surface area contributed by atoms with Gasteiger partial charge in [-0.1, -0.05) is 0 Å². The molecule has 1 heterocycles. The van der Waals surface area contributed by atoms with E-state index in [0.717, 1.165) is 5.82 Å². The smallest absolute Gasteiger partial charge is 0.275 e. The summed E-state index contributed by atoms with van der Waals surface area (Å²) < 4.78 is 7.37. The summed E-state index contributed by atoms with van der Waals surface area (Å²) in [4.78, 5) is 14.9. The Bertz CT molecular complexity index is 637. The molecule has 7 heteroatoms.